The fraction of sp³-hybridized carbons (Fsp3) is 0.200. The highest BCUT2D eigenvalue weighted by molar-refractivity contribution is 5.89. The maximum atomic E-state index is 11.3. The van der Waals surface area contributed by atoms with E-state index in [1.165, 1.54) is 7.11 Å². The van der Waals surface area contributed by atoms with Crippen molar-refractivity contribution >= 4 is 11.5 Å². The van der Waals surface area contributed by atoms with Crippen LogP contribution in [0.15, 0.2) is 24.7 Å². The van der Waals surface area contributed by atoms with Gasteiger partial charge in [0.2, 0.25) is 0 Å². The quantitative estimate of drug-likeness (QED) is 0.728. The number of carbonyl (C=O) groups is 1. The Morgan fingerprint density at radius 1 is 1.60 bits per heavy atom. The molecule has 78 valence electrons. The molecule has 2 N–H and O–H groups in total. The van der Waals surface area contributed by atoms with E-state index in [2.05, 4.69) is 9.72 Å². The molecule has 0 aliphatic rings. The second-order valence-electron chi connectivity index (χ2n) is 3.10. The van der Waals surface area contributed by atoms with E-state index in [9.17, 15) is 4.79 Å². The van der Waals surface area contributed by atoms with Crippen LogP contribution in [0.1, 0.15) is 16.1 Å². The predicted molar refractivity (Wildman–Crippen MR) is 54.4 cm³/mol. The van der Waals surface area contributed by atoms with Gasteiger partial charge in [-0.25, -0.2) is 9.78 Å². The summed E-state index contributed by atoms with van der Waals surface area (Å²) < 4.78 is 6.38. The number of esters is 1. The third-order valence-electron chi connectivity index (χ3n) is 2.23. The number of aromatic nitrogens is 2. The molecule has 2 heterocycles. The third kappa shape index (κ3) is 1.57. The van der Waals surface area contributed by atoms with Crippen molar-refractivity contribution in [3.63, 3.8) is 0 Å². The van der Waals surface area contributed by atoms with Crippen molar-refractivity contribution in [3.05, 3.63) is 35.9 Å². The lowest BCUT2D eigenvalue weighted by Crippen LogP contribution is -2.03. The Morgan fingerprint density at radius 3 is 3.07 bits per heavy atom. The molecule has 0 aliphatic heterocycles. The summed E-state index contributed by atoms with van der Waals surface area (Å²) in [5.41, 5.74) is 7.73. The number of imidazole rings is 1. The van der Waals surface area contributed by atoms with Crippen LogP contribution < -0.4 is 5.73 Å². The molecule has 0 saturated heterocycles. The number of ether oxygens (including phenoxy) is 1. The summed E-state index contributed by atoms with van der Waals surface area (Å²) >= 11 is 0. The van der Waals surface area contributed by atoms with Gasteiger partial charge >= 0.3 is 5.97 Å². The number of fused-ring (bicyclic) bond motifs is 1. The molecule has 5 nitrogen and oxygen atoms in total. The van der Waals surface area contributed by atoms with E-state index in [4.69, 9.17) is 5.73 Å². The van der Waals surface area contributed by atoms with Gasteiger partial charge in [-0.3, -0.25) is 0 Å². The minimum atomic E-state index is -0.361. The molecule has 0 fully saturated rings. The minimum Gasteiger partial charge on any atom is -0.465 e. The lowest BCUT2D eigenvalue weighted by Gasteiger charge is -2.00. The second-order valence-corrected chi connectivity index (χ2v) is 3.10. The molecule has 2 rings (SSSR count). The average molecular weight is 205 g/mol. The fourth-order valence-electron chi connectivity index (χ4n) is 1.45. The number of nitrogens with zero attached hydrogens (tertiary/aromatic N) is 2. The Kier molecular flexibility index (Phi) is 2.39. The molecule has 0 saturated carbocycles. The first-order chi connectivity index (χ1) is 7.26. The first kappa shape index (κ1) is 9.67. The van der Waals surface area contributed by atoms with Crippen LogP contribution >= 0.6 is 0 Å². The normalized spacial score (nSPS) is 10.5. The molecular weight excluding hydrogens is 194 g/mol. The van der Waals surface area contributed by atoms with Crippen molar-refractivity contribution < 1.29 is 9.53 Å². The number of carbonyl (C=O) groups excluding carboxylic acids is 1. The Hall–Kier alpha value is -1.88. The monoisotopic (exact) mass is 205 g/mol. The van der Waals surface area contributed by atoms with Crippen molar-refractivity contribution in [1.29, 1.82) is 0 Å². The molecule has 0 unspecified atom stereocenters. The van der Waals surface area contributed by atoms with Crippen molar-refractivity contribution in [2.45, 2.75) is 6.54 Å². The van der Waals surface area contributed by atoms with E-state index in [0.717, 1.165) is 11.2 Å². The van der Waals surface area contributed by atoms with Crippen LogP contribution in [0.4, 0.5) is 0 Å². The zero-order valence-corrected chi connectivity index (χ0v) is 8.30. The van der Waals surface area contributed by atoms with Gasteiger partial charge in [0.15, 0.2) is 0 Å². The van der Waals surface area contributed by atoms with Crippen LogP contribution in [-0.2, 0) is 11.3 Å². The molecule has 0 bridgehead atoms. The zero-order chi connectivity index (χ0) is 10.8. The summed E-state index contributed by atoms with van der Waals surface area (Å²) in [6.07, 6.45) is 3.30. The Labute approximate surface area is 86.5 Å². The predicted octanol–water partition coefficient (Wildman–Crippen LogP) is 0.580. The molecule has 0 atom stereocenters. The molecule has 15 heavy (non-hydrogen) atoms. The van der Waals surface area contributed by atoms with E-state index in [0.29, 0.717) is 12.1 Å². The molecule has 2 aromatic rings. The minimum absolute atomic E-state index is 0.361. The van der Waals surface area contributed by atoms with E-state index in [1.54, 1.807) is 29.1 Å². The van der Waals surface area contributed by atoms with Crippen molar-refractivity contribution in [1.82, 2.24) is 9.38 Å². The maximum Gasteiger partial charge on any atom is 0.339 e. The van der Waals surface area contributed by atoms with Gasteiger partial charge < -0.3 is 14.9 Å². The smallest absolute Gasteiger partial charge is 0.339 e. The first-order valence-electron chi connectivity index (χ1n) is 4.50. The van der Waals surface area contributed by atoms with Crippen LogP contribution in [-0.4, -0.2) is 22.5 Å². The maximum absolute atomic E-state index is 11.3. The fourth-order valence-corrected chi connectivity index (χ4v) is 1.45. The number of hydrogen-bond donors (Lipinski definition) is 1. The standard InChI is InChI=1S/C10H11N3O2/c1-15-10(14)7-2-3-9-8(4-11)12-6-13(9)5-7/h2-3,5-6H,4,11H2,1H3. The second kappa shape index (κ2) is 3.70. The molecule has 0 spiro atoms. The molecular formula is C10H11N3O2. The van der Waals surface area contributed by atoms with Crippen LogP contribution in [0.25, 0.3) is 5.52 Å². The van der Waals surface area contributed by atoms with Crippen LogP contribution in [0.2, 0.25) is 0 Å². The number of rotatable bonds is 2. The zero-order valence-electron chi connectivity index (χ0n) is 8.30. The SMILES string of the molecule is COC(=O)c1ccc2c(CN)ncn2c1. The highest BCUT2D eigenvalue weighted by atomic mass is 16.5. The van der Waals surface area contributed by atoms with Crippen LogP contribution in [0.3, 0.4) is 0 Å². The summed E-state index contributed by atoms with van der Waals surface area (Å²) in [5, 5.41) is 0. The molecule has 0 radical (unpaired) electrons. The van der Waals surface area contributed by atoms with E-state index < -0.39 is 0 Å². The van der Waals surface area contributed by atoms with Crippen LogP contribution in [0, 0.1) is 0 Å². The van der Waals surface area contributed by atoms with Gasteiger partial charge in [0.25, 0.3) is 0 Å². The van der Waals surface area contributed by atoms with E-state index in [1.807, 2.05) is 0 Å². The highest BCUT2D eigenvalue weighted by Crippen LogP contribution is 2.11. The summed E-state index contributed by atoms with van der Waals surface area (Å²) in [5.74, 6) is -0.361. The Bertz CT molecular complexity index is 504. The molecule has 2 aromatic heterocycles. The topological polar surface area (TPSA) is 69.6 Å². The van der Waals surface area contributed by atoms with Gasteiger partial charge in [0.05, 0.1) is 30.2 Å². The summed E-state index contributed by atoms with van der Waals surface area (Å²) in [6.45, 7) is 0.383. The van der Waals surface area contributed by atoms with Crippen molar-refractivity contribution in [3.8, 4) is 0 Å². The largest absolute Gasteiger partial charge is 0.465 e. The lowest BCUT2D eigenvalue weighted by molar-refractivity contribution is 0.0600. The lowest BCUT2D eigenvalue weighted by atomic mass is 10.2. The first-order valence-corrected chi connectivity index (χ1v) is 4.50. The molecule has 0 aromatic carbocycles. The number of hydrogen-bond acceptors (Lipinski definition) is 4. The average Bonchev–Trinajstić information content (AvgIpc) is 2.69. The van der Waals surface area contributed by atoms with E-state index >= 15 is 0 Å². The van der Waals surface area contributed by atoms with Gasteiger partial charge in [-0.2, -0.15) is 0 Å². The number of nitrogens with two attached hydrogens (primary N) is 1. The van der Waals surface area contributed by atoms with Gasteiger partial charge in [-0.15, -0.1) is 0 Å². The summed E-state index contributed by atoms with van der Waals surface area (Å²) in [6, 6.07) is 3.50. The highest BCUT2D eigenvalue weighted by Gasteiger charge is 2.08. The van der Waals surface area contributed by atoms with Crippen molar-refractivity contribution in [2.24, 2.45) is 5.73 Å². The van der Waals surface area contributed by atoms with Gasteiger partial charge in [-0.05, 0) is 12.1 Å². The number of pyridine rings is 1. The Balaban J connectivity index is 2.53. The van der Waals surface area contributed by atoms with Gasteiger partial charge in [-0.1, -0.05) is 0 Å². The van der Waals surface area contributed by atoms with Crippen LogP contribution in [0.5, 0.6) is 0 Å². The number of methoxy groups -OCH3 is 1. The molecule has 0 amide bonds. The van der Waals surface area contributed by atoms with Gasteiger partial charge in [0, 0.05) is 12.7 Å². The van der Waals surface area contributed by atoms with Crippen molar-refractivity contribution in [2.75, 3.05) is 7.11 Å². The summed E-state index contributed by atoms with van der Waals surface area (Å²) in [7, 11) is 1.35. The summed E-state index contributed by atoms with van der Waals surface area (Å²) in [4.78, 5) is 15.4. The molecule has 0 aliphatic carbocycles. The Morgan fingerprint density at radius 2 is 2.40 bits per heavy atom. The van der Waals surface area contributed by atoms with E-state index in [-0.39, 0.29) is 5.97 Å². The third-order valence-corrected chi connectivity index (χ3v) is 2.23. The van der Waals surface area contributed by atoms with Gasteiger partial charge in [0.1, 0.15) is 0 Å². The molecule has 5 heteroatoms.